The normalized spacial score (nSPS) is 21.7. The fourth-order valence-electron chi connectivity index (χ4n) is 2.57. The van der Waals surface area contributed by atoms with E-state index in [0.29, 0.717) is 12.5 Å². The van der Waals surface area contributed by atoms with Crippen LogP contribution >= 0.6 is 0 Å². The highest BCUT2D eigenvalue weighted by Gasteiger charge is 2.36. The number of rotatable bonds is 5. The predicted octanol–water partition coefficient (Wildman–Crippen LogP) is 0.960. The zero-order chi connectivity index (χ0) is 14.7. The Labute approximate surface area is 122 Å². The molecule has 1 aliphatic rings. The first kappa shape index (κ1) is 13.7. The molecule has 0 aliphatic carbocycles. The maximum Gasteiger partial charge on any atom is 0.218 e. The van der Waals surface area contributed by atoms with Gasteiger partial charge in [0.2, 0.25) is 5.88 Å². The first-order valence-corrected chi connectivity index (χ1v) is 6.91. The van der Waals surface area contributed by atoms with Crippen LogP contribution in [-0.4, -0.2) is 51.5 Å². The van der Waals surface area contributed by atoms with Crippen molar-refractivity contribution in [2.75, 3.05) is 25.2 Å². The topological polar surface area (TPSA) is 89.0 Å². The fourth-order valence-corrected chi connectivity index (χ4v) is 2.57. The average molecular weight is 290 g/mol. The van der Waals surface area contributed by atoms with Crippen LogP contribution in [0.1, 0.15) is 25.2 Å². The third-order valence-corrected chi connectivity index (χ3v) is 3.56. The summed E-state index contributed by atoms with van der Waals surface area (Å²) in [4.78, 5) is 14.9. The van der Waals surface area contributed by atoms with Crippen molar-refractivity contribution in [1.29, 1.82) is 0 Å². The van der Waals surface area contributed by atoms with E-state index in [0.717, 1.165) is 24.6 Å². The molecule has 112 valence electrons. The average Bonchev–Trinajstić information content (AvgIpc) is 3.17. The van der Waals surface area contributed by atoms with Crippen molar-refractivity contribution in [3.63, 3.8) is 0 Å². The minimum atomic E-state index is 0.0572. The first-order chi connectivity index (χ1) is 10.3. The molecule has 21 heavy (non-hydrogen) atoms. The van der Waals surface area contributed by atoms with Gasteiger partial charge < -0.3 is 14.4 Å². The Kier molecular flexibility index (Phi) is 3.96. The molecule has 0 unspecified atom stereocenters. The van der Waals surface area contributed by atoms with Crippen LogP contribution in [-0.2, 0) is 4.74 Å². The van der Waals surface area contributed by atoms with E-state index in [4.69, 9.17) is 9.47 Å². The molecule has 0 amide bonds. The quantitative estimate of drug-likeness (QED) is 0.877. The Hall–Kier alpha value is -2.22. The van der Waals surface area contributed by atoms with Crippen LogP contribution in [0, 0.1) is 0 Å². The Morgan fingerprint density at radius 3 is 2.95 bits per heavy atom. The van der Waals surface area contributed by atoms with E-state index in [9.17, 15) is 0 Å². The zero-order valence-corrected chi connectivity index (χ0v) is 12.1. The van der Waals surface area contributed by atoms with E-state index in [2.05, 4.69) is 30.0 Å². The zero-order valence-electron chi connectivity index (χ0n) is 12.1. The number of H-pyrrole nitrogens is 1. The molecule has 0 spiro atoms. The molecule has 8 nitrogen and oxygen atoms in total. The summed E-state index contributed by atoms with van der Waals surface area (Å²) in [7, 11) is 1.72. The summed E-state index contributed by atoms with van der Waals surface area (Å²) in [6.45, 7) is 3.24. The molecule has 2 aromatic heterocycles. The van der Waals surface area contributed by atoms with Gasteiger partial charge in [-0.1, -0.05) is 0 Å². The number of methoxy groups -OCH3 is 1. The molecule has 3 heterocycles. The van der Waals surface area contributed by atoms with Crippen molar-refractivity contribution in [3.05, 3.63) is 24.5 Å². The van der Waals surface area contributed by atoms with Crippen LogP contribution < -0.4 is 9.64 Å². The van der Waals surface area contributed by atoms with Gasteiger partial charge in [-0.3, -0.25) is 5.10 Å². The van der Waals surface area contributed by atoms with Gasteiger partial charge in [0.05, 0.1) is 18.8 Å². The number of nitrogens with one attached hydrogen (secondary N) is 1. The SMILES string of the molecule is CCOc1cc(N2C[C@H](OC)C[C@H]2c2ncn[nH]2)ncn1. The van der Waals surface area contributed by atoms with Gasteiger partial charge in [0.1, 0.15) is 24.3 Å². The molecule has 3 rings (SSSR count). The molecular weight excluding hydrogens is 272 g/mol. The number of anilines is 1. The lowest BCUT2D eigenvalue weighted by Crippen LogP contribution is -2.26. The largest absolute Gasteiger partial charge is 0.478 e. The monoisotopic (exact) mass is 290 g/mol. The smallest absolute Gasteiger partial charge is 0.218 e. The van der Waals surface area contributed by atoms with Crippen molar-refractivity contribution in [1.82, 2.24) is 25.1 Å². The van der Waals surface area contributed by atoms with Gasteiger partial charge in [0.25, 0.3) is 0 Å². The molecular formula is C13H18N6O2. The van der Waals surface area contributed by atoms with Crippen LogP contribution in [0.5, 0.6) is 5.88 Å². The van der Waals surface area contributed by atoms with Gasteiger partial charge >= 0.3 is 0 Å². The molecule has 0 radical (unpaired) electrons. The van der Waals surface area contributed by atoms with Crippen LogP contribution in [0.15, 0.2) is 18.7 Å². The van der Waals surface area contributed by atoms with Crippen LogP contribution in [0.25, 0.3) is 0 Å². The van der Waals surface area contributed by atoms with Crippen molar-refractivity contribution < 1.29 is 9.47 Å². The van der Waals surface area contributed by atoms with Gasteiger partial charge in [-0.25, -0.2) is 15.0 Å². The number of aromatic nitrogens is 5. The Balaban J connectivity index is 1.89. The molecule has 0 bridgehead atoms. The molecule has 1 fully saturated rings. The summed E-state index contributed by atoms with van der Waals surface area (Å²) < 4.78 is 10.9. The Bertz CT molecular complexity index is 576. The lowest BCUT2D eigenvalue weighted by Gasteiger charge is -2.23. The third kappa shape index (κ3) is 2.80. The maximum absolute atomic E-state index is 5.49. The molecule has 0 saturated carbocycles. The summed E-state index contributed by atoms with van der Waals surface area (Å²) in [6.07, 6.45) is 3.99. The number of nitrogens with zero attached hydrogens (tertiary/aromatic N) is 5. The standard InChI is InChI=1S/C13H18N6O2/c1-3-21-12-5-11(14-7-15-12)19-6-9(20-2)4-10(19)13-16-8-17-18-13/h5,7-10H,3-4,6H2,1-2H3,(H,16,17,18)/t9-,10+/m1/s1. The second-order valence-corrected chi connectivity index (χ2v) is 4.78. The van der Waals surface area contributed by atoms with Crippen LogP contribution in [0.3, 0.4) is 0 Å². The second-order valence-electron chi connectivity index (χ2n) is 4.78. The van der Waals surface area contributed by atoms with E-state index in [1.807, 2.05) is 13.0 Å². The highest BCUT2D eigenvalue weighted by atomic mass is 16.5. The fraction of sp³-hybridized carbons (Fsp3) is 0.538. The lowest BCUT2D eigenvalue weighted by atomic mass is 10.2. The Morgan fingerprint density at radius 1 is 1.33 bits per heavy atom. The molecule has 0 aromatic carbocycles. The van der Waals surface area contributed by atoms with Crippen molar-refractivity contribution in [2.24, 2.45) is 0 Å². The third-order valence-electron chi connectivity index (χ3n) is 3.56. The molecule has 2 aromatic rings. The maximum atomic E-state index is 5.49. The summed E-state index contributed by atoms with van der Waals surface area (Å²) in [6, 6.07) is 1.90. The number of ether oxygens (including phenoxy) is 2. The summed E-state index contributed by atoms with van der Waals surface area (Å²) >= 11 is 0. The van der Waals surface area contributed by atoms with Gasteiger partial charge in [0, 0.05) is 26.1 Å². The second kappa shape index (κ2) is 6.04. The van der Waals surface area contributed by atoms with Gasteiger partial charge in [0.15, 0.2) is 0 Å². The van der Waals surface area contributed by atoms with Crippen LogP contribution in [0.4, 0.5) is 5.82 Å². The highest BCUT2D eigenvalue weighted by molar-refractivity contribution is 5.44. The van der Waals surface area contributed by atoms with E-state index >= 15 is 0 Å². The predicted molar refractivity (Wildman–Crippen MR) is 75.1 cm³/mol. The van der Waals surface area contributed by atoms with Crippen LogP contribution in [0.2, 0.25) is 0 Å². The minimum Gasteiger partial charge on any atom is -0.478 e. The van der Waals surface area contributed by atoms with Gasteiger partial charge in [-0.2, -0.15) is 5.10 Å². The van der Waals surface area contributed by atoms with E-state index in [1.165, 1.54) is 12.7 Å². The van der Waals surface area contributed by atoms with E-state index in [-0.39, 0.29) is 12.1 Å². The first-order valence-electron chi connectivity index (χ1n) is 6.91. The van der Waals surface area contributed by atoms with Crippen molar-refractivity contribution >= 4 is 5.82 Å². The number of hydrogen-bond donors (Lipinski definition) is 1. The molecule has 1 N–H and O–H groups in total. The summed E-state index contributed by atoms with van der Waals surface area (Å²) in [5, 5.41) is 6.86. The molecule has 1 saturated heterocycles. The lowest BCUT2D eigenvalue weighted by molar-refractivity contribution is 0.118. The summed E-state index contributed by atoms with van der Waals surface area (Å²) in [5.41, 5.74) is 0. The Morgan fingerprint density at radius 2 is 2.24 bits per heavy atom. The number of aromatic amines is 1. The highest BCUT2D eigenvalue weighted by Crippen LogP contribution is 2.35. The van der Waals surface area contributed by atoms with Gasteiger partial charge in [-0.15, -0.1) is 0 Å². The van der Waals surface area contributed by atoms with Gasteiger partial charge in [-0.05, 0) is 6.92 Å². The summed E-state index contributed by atoms with van der Waals surface area (Å²) in [5.74, 6) is 2.18. The van der Waals surface area contributed by atoms with Crippen molar-refractivity contribution in [3.8, 4) is 5.88 Å². The molecule has 1 aliphatic heterocycles. The minimum absolute atomic E-state index is 0.0572. The van der Waals surface area contributed by atoms with Crippen molar-refractivity contribution in [2.45, 2.75) is 25.5 Å². The number of hydrogen-bond acceptors (Lipinski definition) is 7. The van der Waals surface area contributed by atoms with E-state index < -0.39 is 0 Å². The van der Waals surface area contributed by atoms with E-state index in [1.54, 1.807) is 7.11 Å². The molecule has 8 heteroatoms. The molecule has 2 atom stereocenters.